The van der Waals surface area contributed by atoms with Crippen LogP contribution in [0.25, 0.3) is 0 Å². The average Bonchev–Trinajstić information content (AvgIpc) is 2.81. The second-order valence-corrected chi connectivity index (χ2v) is 8.61. The zero-order valence-electron chi connectivity index (χ0n) is 18.9. The van der Waals surface area contributed by atoms with Crippen LogP contribution in [-0.2, 0) is 13.1 Å². The van der Waals surface area contributed by atoms with Gasteiger partial charge in [0.05, 0.1) is 0 Å². The van der Waals surface area contributed by atoms with Gasteiger partial charge in [-0.25, -0.2) is 4.79 Å². The lowest BCUT2D eigenvalue weighted by atomic mass is 10.0. The van der Waals surface area contributed by atoms with Gasteiger partial charge in [0, 0.05) is 55.9 Å². The number of halogens is 1. The highest BCUT2D eigenvalue weighted by Crippen LogP contribution is 2.16. The van der Waals surface area contributed by atoms with Crippen LogP contribution in [0.2, 0.25) is 5.02 Å². The number of piperidine rings is 1. The second-order valence-electron chi connectivity index (χ2n) is 8.18. The van der Waals surface area contributed by atoms with E-state index in [9.17, 15) is 9.59 Å². The molecule has 1 aliphatic heterocycles. The number of carbonyl (C=O) groups is 2. The zero-order chi connectivity index (χ0) is 22.9. The number of likely N-dealkylation sites (tertiary alicyclic amines) is 1. The quantitative estimate of drug-likeness (QED) is 0.623. The molecule has 6 nitrogen and oxygen atoms in total. The summed E-state index contributed by atoms with van der Waals surface area (Å²) in [5, 5.41) is 6.77. The van der Waals surface area contributed by atoms with E-state index in [0.29, 0.717) is 25.2 Å². The van der Waals surface area contributed by atoms with Crippen molar-refractivity contribution in [1.29, 1.82) is 0 Å². The number of urea groups is 1. The Bertz CT molecular complexity index is 874. The van der Waals surface area contributed by atoms with Gasteiger partial charge in [0.15, 0.2) is 0 Å². The molecule has 2 aromatic carbocycles. The van der Waals surface area contributed by atoms with Crippen molar-refractivity contribution >= 4 is 23.5 Å². The maximum Gasteiger partial charge on any atom is 0.315 e. The molecule has 0 aromatic heterocycles. The molecule has 1 saturated heterocycles. The first kappa shape index (κ1) is 24.1. The van der Waals surface area contributed by atoms with Crippen LogP contribution in [0.3, 0.4) is 0 Å². The van der Waals surface area contributed by atoms with Crippen LogP contribution in [0, 0.1) is 0 Å². The van der Waals surface area contributed by atoms with Crippen molar-refractivity contribution in [3.63, 3.8) is 0 Å². The van der Waals surface area contributed by atoms with Gasteiger partial charge in [-0.05, 0) is 62.1 Å². The fourth-order valence-electron chi connectivity index (χ4n) is 3.96. The normalized spacial score (nSPS) is 14.7. The SMILES string of the molecule is CCN(CC)C(=O)c1ccc(CNC(=O)NC2CCN(Cc3ccc(Cl)cc3)CC2)cc1. The molecule has 2 N–H and O–H groups in total. The molecule has 1 fully saturated rings. The molecule has 2 aromatic rings. The Kier molecular flexibility index (Phi) is 8.94. The first-order valence-corrected chi connectivity index (χ1v) is 11.8. The third-order valence-electron chi connectivity index (χ3n) is 5.95. The van der Waals surface area contributed by atoms with E-state index in [1.54, 1.807) is 4.90 Å². The van der Waals surface area contributed by atoms with Crippen molar-refractivity contribution in [1.82, 2.24) is 20.4 Å². The number of amides is 3. The maximum absolute atomic E-state index is 12.4. The van der Waals surface area contributed by atoms with E-state index in [4.69, 9.17) is 11.6 Å². The van der Waals surface area contributed by atoms with Crippen LogP contribution in [0.1, 0.15) is 48.2 Å². The van der Waals surface area contributed by atoms with Gasteiger partial charge < -0.3 is 15.5 Å². The molecule has 0 aliphatic carbocycles. The number of hydrogen-bond donors (Lipinski definition) is 2. The zero-order valence-corrected chi connectivity index (χ0v) is 19.7. The van der Waals surface area contributed by atoms with Gasteiger partial charge in [-0.1, -0.05) is 35.9 Å². The van der Waals surface area contributed by atoms with Crippen molar-refractivity contribution in [2.75, 3.05) is 26.2 Å². The molecule has 7 heteroatoms. The highest BCUT2D eigenvalue weighted by Gasteiger charge is 2.20. The van der Waals surface area contributed by atoms with Gasteiger partial charge in [0.1, 0.15) is 0 Å². The molecule has 0 atom stereocenters. The van der Waals surface area contributed by atoms with E-state index < -0.39 is 0 Å². The average molecular weight is 457 g/mol. The molecule has 1 heterocycles. The molecular formula is C25H33ClN4O2. The molecule has 0 bridgehead atoms. The number of carbonyl (C=O) groups excluding carboxylic acids is 2. The highest BCUT2D eigenvalue weighted by molar-refractivity contribution is 6.30. The summed E-state index contributed by atoms with van der Waals surface area (Å²) in [6.45, 7) is 8.58. The van der Waals surface area contributed by atoms with E-state index in [-0.39, 0.29) is 18.0 Å². The molecule has 32 heavy (non-hydrogen) atoms. The van der Waals surface area contributed by atoms with Crippen LogP contribution in [0.5, 0.6) is 0 Å². The molecule has 3 amide bonds. The van der Waals surface area contributed by atoms with Gasteiger partial charge in [-0.15, -0.1) is 0 Å². The molecule has 172 valence electrons. The van der Waals surface area contributed by atoms with Crippen LogP contribution in [0.15, 0.2) is 48.5 Å². The van der Waals surface area contributed by atoms with Crippen LogP contribution < -0.4 is 10.6 Å². The van der Waals surface area contributed by atoms with Crippen molar-refractivity contribution in [3.8, 4) is 0 Å². The number of benzene rings is 2. The summed E-state index contributed by atoms with van der Waals surface area (Å²) in [6.07, 6.45) is 1.87. The Morgan fingerprint density at radius 1 is 0.969 bits per heavy atom. The second kappa shape index (κ2) is 11.9. The monoisotopic (exact) mass is 456 g/mol. The highest BCUT2D eigenvalue weighted by atomic mass is 35.5. The van der Waals surface area contributed by atoms with E-state index in [2.05, 4.69) is 27.7 Å². The summed E-state index contributed by atoms with van der Waals surface area (Å²) >= 11 is 5.95. The molecular weight excluding hydrogens is 424 g/mol. The van der Waals surface area contributed by atoms with Crippen molar-refractivity contribution in [3.05, 3.63) is 70.2 Å². The third-order valence-corrected chi connectivity index (χ3v) is 6.20. The third kappa shape index (κ3) is 6.97. The first-order valence-electron chi connectivity index (χ1n) is 11.4. The van der Waals surface area contributed by atoms with Crippen LogP contribution in [0.4, 0.5) is 4.79 Å². The standard InChI is InChI=1S/C25H33ClN4O2/c1-3-30(4-2)24(31)21-9-5-19(6-10-21)17-27-25(32)28-23-13-15-29(16-14-23)18-20-7-11-22(26)12-8-20/h5-12,23H,3-4,13-18H2,1-2H3,(H2,27,28,32). The van der Waals surface area contributed by atoms with Gasteiger partial charge in [-0.2, -0.15) is 0 Å². The smallest absolute Gasteiger partial charge is 0.315 e. The van der Waals surface area contributed by atoms with Gasteiger partial charge in [0.2, 0.25) is 0 Å². The van der Waals surface area contributed by atoms with E-state index >= 15 is 0 Å². The molecule has 0 radical (unpaired) electrons. The summed E-state index contributed by atoms with van der Waals surface area (Å²) in [6, 6.07) is 15.4. The summed E-state index contributed by atoms with van der Waals surface area (Å²) in [5.74, 6) is 0.0367. The Hall–Kier alpha value is -2.57. The molecule has 0 spiro atoms. The van der Waals surface area contributed by atoms with Crippen molar-refractivity contribution in [2.24, 2.45) is 0 Å². The lowest BCUT2D eigenvalue weighted by Gasteiger charge is -2.32. The predicted molar refractivity (Wildman–Crippen MR) is 129 cm³/mol. The Morgan fingerprint density at radius 2 is 1.56 bits per heavy atom. The topological polar surface area (TPSA) is 64.7 Å². The van der Waals surface area contributed by atoms with Crippen molar-refractivity contribution in [2.45, 2.75) is 45.8 Å². The Balaban J connectivity index is 1.38. The summed E-state index contributed by atoms with van der Waals surface area (Å²) in [4.78, 5) is 28.9. The van der Waals surface area contributed by atoms with E-state index in [0.717, 1.165) is 43.1 Å². The Morgan fingerprint density at radius 3 is 2.16 bits per heavy atom. The minimum Gasteiger partial charge on any atom is -0.339 e. The molecule has 0 saturated carbocycles. The van der Waals surface area contributed by atoms with Gasteiger partial charge in [0.25, 0.3) is 5.91 Å². The minimum atomic E-state index is -0.149. The molecule has 3 rings (SSSR count). The lowest BCUT2D eigenvalue weighted by Crippen LogP contribution is -2.47. The fourth-order valence-corrected chi connectivity index (χ4v) is 4.09. The number of rotatable bonds is 8. The van der Waals surface area contributed by atoms with Crippen LogP contribution in [-0.4, -0.2) is 54.0 Å². The van der Waals surface area contributed by atoms with Gasteiger partial charge in [-0.3, -0.25) is 9.69 Å². The van der Waals surface area contributed by atoms with Gasteiger partial charge >= 0.3 is 6.03 Å². The van der Waals surface area contributed by atoms with E-state index in [1.165, 1.54) is 5.56 Å². The number of nitrogens with zero attached hydrogens (tertiary/aromatic N) is 2. The fraction of sp³-hybridized carbons (Fsp3) is 0.440. The minimum absolute atomic E-state index is 0.0367. The Labute approximate surface area is 195 Å². The largest absolute Gasteiger partial charge is 0.339 e. The van der Waals surface area contributed by atoms with E-state index in [1.807, 2.05) is 50.2 Å². The van der Waals surface area contributed by atoms with Crippen molar-refractivity contribution < 1.29 is 9.59 Å². The maximum atomic E-state index is 12.4. The number of nitrogens with one attached hydrogen (secondary N) is 2. The summed E-state index contributed by atoms with van der Waals surface area (Å²) < 4.78 is 0. The summed E-state index contributed by atoms with van der Waals surface area (Å²) in [7, 11) is 0. The number of hydrogen-bond acceptors (Lipinski definition) is 3. The van der Waals surface area contributed by atoms with Crippen LogP contribution >= 0.6 is 11.6 Å². The molecule has 0 unspecified atom stereocenters. The summed E-state index contributed by atoms with van der Waals surface area (Å²) in [5.41, 5.74) is 2.89. The first-order chi connectivity index (χ1) is 15.5. The molecule has 1 aliphatic rings. The lowest BCUT2D eigenvalue weighted by molar-refractivity contribution is 0.0773. The predicted octanol–water partition coefficient (Wildman–Crippen LogP) is 4.29.